The van der Waals surface area contributed by atoms with E-state index in [9.17, 15) is 0 Å². The van der Waals surface area contributed by atoms with Gasteiger partial charge in [0.25, 0.3) is 0 Å². The second-order valence-corrected chi connectivity index (χ2v) is 13.4. The summed E-state index contributed by atoms with van der Waals surface area (Å²) in [6.07, 6.45) is 0. The first-order chi connectivity index (χ1) is 17.7. The van der Waals surface area contributed by atoms with E-state index in [4.69, 9.17) is 18.0 Å². The molecule has 2 nitrogen and oxygen atoms in total. The van der Waals surface area contributed by atoms with Crippen LogP contribution in [0.25, 0.3) is 0 Å². The summed E-state index contributed by atoms with van der Waals surface area (Å²) in [6, 6.07) is 43.0. The summed E-state index contributed by atoms with van der Waals surface area (Å²) in [5.41, 5.74) is 11.3. The van der Waals surface area contributed by atoms with Crippen LogP contribution in [0.2, 0.25) is 0 Å². The molecule has 0 unspecified atom stereocenters. The molecule has 0 aliphatic heterocycles. The molecule has 184 valence electrons. The van der Waals surface area contributed by atoms with Crippen LogP contribution in [0, 0.1) is 0 Å². The maximum absolute atomic E-state index is 6.00. The van der Waals surface area contributed by atoms with Crippen molar-refractivity contribution in [3.8, 4) is 0 Å². The average Bonchev–Trinajstić information content (AvgIpc) is 2.91. The predicted octanol–water partition coefficient (Wildman–Crippen LogP) is 8.07. The van der Waals surface area contributed by atoms with Gasteiger partial charge in [0.05, 0.1) is 4.32 Å². The molecule has 0 aliphatic rings. The van der Waals surface area contributed by atoms with E-state index in [1.54, 1.807) is 10.8 Å². The zero-order valence-corrected chi connectivity index (χ0v) is 23.3. The third kappa shape index (κ3) is 8.64. The molecule has 0 heterocycles. The maximum Gasteiger partial charge on any atom is 0.142 e. The van der Waals surface area contributed by atoms with E-state index in [2.05, 4.69) is 126 Å². The number of nitrogens with two attached hydrogens (primary N) is 1. The van der Waals surface area contributed by atoms with E-state index in [0.717, 1.165) is 24.6 Å². The van der Waals surface area contributed by atoms with Crippen LogP contribution in [0.5, 0.6) is 0 Å². The van der Waals surface area contributed by atoms with Crippen LogP contribution in [0.4, 0.5) is 0 Å². The van der Waals surface area contributed by atoms with Gasteiger partial charge in [-0.1, -0.05) is 134 Å². The zero-order chi connectivity index (χ0) is 25.0. The summed E-state index contributed by atoms with van der Waals surface area (Å²) in [4.78, 5) is 2.52. The van der Waals surface area contributed by atoms with E-state index >= 15 is 0 Å². The molecule has 0 amide bonds. The molecule has 2 N–H and O–H groups in total. The lowest BCUT2D eigenvalue weighted by Crippen LogP contribution is -2.28. The van der Waals surface area contributed by atoms with Gasteiger partial charge in [0.1, 0.15) is 4.32 Å². The van der Waals surface area contributed by atoms with Gasteiger partial charge < -0.3 is 5.73 Å². The van der Waals surface area contributed by atoms with Gasteiger partial charge in [-0.2, -0.15) is 10.5 Å². The Morgan fingerprint density at radius 2 is 0.944 bits per heavy atom. The van der Waals surface area contributed by atoms with Crippen molar-refractivity contribution < 1.29 is 0 Å². The second-order valence-electron chi connectivity index (χ2n) is 8.33. The maximum atomic E-state index is 6.00. The van der Waals surface area contributed by atoms with Gasteiger partial charge in [0.15, 0.2) is 0 Å². The monoisotopic (exact) mass is 546 g/mol. The van der Waals surface area contributed by atoms with Crippen LogP contribution in [0.15, 0.2) is 121 Å². The Hall–Kier alpha value is -2.35. The minimum atomic E-state index is -0.0885. The molecule has 0 saturated heterocycles. The lowest BCUT2D eigenvalue weighted by atomic mass is 10.2. The third-order valence-electron chi connectivity index (χ3n) is 5.50. The van der Waals surface area contributed by atoms with Crippen LogP contribution in [-0.2, 0) is 24.6 Å². The fraction of sp³-hybridized carbons (Fsp3) is 0.133. The molecular weight excluding hydrogens is 517 g/mol. The quantitative estimate of drug-likeness (QED) is 0.178. The molecule has 0 aromatic heterocycles. The van der Waals surface area contributed by atoms with Crippen LogP contribution >= 0.6 is 44.3 Å². The van der Waals surface area contributed by atoms with Crippen LogP contribution in [0.3, 0.4) is 0 Å². The van der Waals surface area contributed by atoms with Gasteiger partial charge in [0.2, 0.25) is 0 Å². The Bertz CT molecular complexity index is 1160. The Balaban J connectivity index is 1.80. The minimum Gasteiger partial charge on any atom is -0.384 e. The van der Waals surface area contributed by atoms with Gasteiger partial charge >= 0.3 is 0 Å². The first-order valence-electron chi connectivity index (χ1n) is 11.8. The van der Waals surface area contributed by atoms with Crippen molar-refractivity contribution in [3.05, 3.63) is 144 Å². The molecule has 0 saturated carbocycles. The lowest BCUT2D eigenvalue weighted by molar-refractivity contribution is 0.421. The van der Waals surface area contributed by atoms with Crippen molar-refractivity contribution >= 4 is 52.9 Å². The Labute approximate surface area is 230 Å². The van der Waals surface area contributed by atoms with E-state index < -0.39 is 0 Å². The first-order valence-corrected chi connectivity index (χ1v) is 15.9. The SMILES string of the molecule is NC(=S)SSC(N(Cc1ccccc1)Cc1ccccc1)=S(Cc1ccccc1)Cc1ccccc1. The van der Waals surface area contributed by atoms with Crippen molar-refractivity contribution in [2.45, 2.75) is 24.6 Å². The fourth-order valence-corrected chi connectivity index (χ4v) is 9.29. The number of hydrogen-bond donors (Lipinski definition) is 1. The topological polar surface area (TPSA) is 29.3 Å². The number of rotatable bonds is 8. The van der Waals surface area contributed by atoms with Crippen molar-refractivity contribution in [1.82, 2.24) is 4.90 Å². The lowest BCUT2D eigenvalue weighted by Gasteiger charge is -2.28. The summed E-state index contributed by atoms with van der Waals surface area (Å²) in [7, 11) is 3.13. The van der Waals surface area contributed by atoms with Gasteiger partial charge in [0, 0.05) is 24.6 Å². The number of hydrogen-bond acceptors (Lipinski definition) is 3. The molecule has 4 aromatic carbocycles. The highest BCUT2D eigenvalue weighted by Gasteiger charge is 2.19. The number of benzene rings is 4. The number of nitrogens with zero attached hydrogens (tertiary/aromatic N) is 1. The highest BCUT2D eigenvalue weighted by Crippen LogP contribution is 2.38. The Morgan fingerprint density at radius 1 is 0.583 bits per heavy atom. The van der Waals surface area contributed by atoms with Gasteiger partial charge in [-0.3, -0.25) is 4.90 Å². The largest absolute Gasteiger partial charge is 0.384 e. The summed E-state index contributed by atoms with van der Waals surface area (Å²) in [5.74, 6) is 1.94. The van der Waals surface area contributed by atoms with Crippen molar-refractivity contribution in [2.75, 3.05) is 0 Å². The smallest absolute Gasteiger partial charge is 0.142 e. The Kier molecular flexibility index (Phi) is 10.7. The molecular formula is C30H30N2S4. The molecule has 0 bridgehead atoms. The van der Waals surface area contributed by atoms with Gasteiger partial charge in [-0.05, 0) is 43.8 Å². The van der Waals surface area contributed by atoms with E-state index in [-0.39, 0.29) is 10.5 Å². The van der Waals surface area contributed by atoms with Crippen molar-refractivity contribution in [1.29, 1.82) is 0 Å². The van der Waals surface area contributed by atoms with E-state index in [0.29, 0.717) is 4.32 Å². The standard InChI is InChI=1S/C30H30N2S4/c31-29(33)34-35-30(32(21-25-13-5-1-6-14-25)22-26-15-7-2-8-16-26)36(23-27-17-9-3-10-18-27)24-28-19-11-4-12-20-28/h1-20H,21-24H2,(H2,31,33). The minimum absolute atomic E-state index is 0.0885. The van der Waals surface area contributed by atoms with Crippen LogP contribution in [-0.4, -0.2) is 13.5 Å². The van der Waals surface area contributed by atoms with Crippen molar-refractivity contribution in [3.63, 3.8) is 0 Å². The summed E-state index contributed by atoms with van der Waals surface area (Å²) in [5, 5.41) is 0. The third-order valence-corrected chi connectivity index (χ3v) is 11.4. The zero-order valence-electron chi connectivity index (χ0n) is 20.0. The van der Waals surface area contributed by atoms with Crippen molar-refractivity contribution in [2.24, 2.45) is 5.73 Å². The van der Waals surface area contributed by atoms with Gasteiger partial charge in [-0.25, -0.2) is 0 Å². The van der Waals surface area contributed by atoms with Crippen LogP contribution in [0.1, 0.15) is 22.3 Å². The molecule has 36 heavy (non-hydrogen) atoms. The molecule has 0 atom stereocenters. The summed E-state index contributed by atoms with van der Waals surface area (Å²) in [6.45, 7) is 1.64. The Morgan fingerprint density at radius 3 is 1.31 bits per heavy atom. The highest BCUT2D eigenvalue weighted by molar-refractivity contribution is 8.90. The molecule has 0 radical (unpaired) electrons. The molecule has 0 aliphatic carbocycles. The first kappa shape index (κ1) is 26.7. The molecule has 4 aromatic rings. The molecule has 0 fully saturated rings. The normalized spacial score (nSPS) is 11.1. The average molecular weight is 547 g/mol. The predicted molar refractivity (Wildman–Crippen MR) is 167 cm³/mol. The highest BCUT2D eigenvalue weighted by atomic mass is 33.1. The second kappa shape index (κ2) is 14.4. The molecule has 4 rings (SSSR count). The summed E-state index contributed by atoms with van der Waals surface area (Å²) >= 11 is 5.30. The van der Waals surface area contributed by atoms with Crippen LogP contribution < -0.4 is 5.73 Å². The molecule has 0 spiro atoms. The fourth-order valence-electron chi connectivity index (χ4n) is 3.88. The number of thiocarbonyl (C=S) groups is 1. The molecule has 6 heteroatoms. The van der Waals surface area contributed by atoms with E-state index in [1.807, 2.05) is 0 Å². The summed E-state index contributed by atoms with van der Waals surface area (Å²) < 4.78 is 1.79. The van der Waals surface area contributed by atoms with Gasteiger partial charge in [-0.15, -0.1) is 0 Å². The van der Waals surface area contributed by atoms with E-state index in [1.165, 1.54) is 37.4 Å².